The van der Waals surface area contributed by atoms with Crippen LogP contribution in [0.4, 0.5) is 0 Å². The van der Waals surface area contributed by atoms with E-state index >= 15 is 0 Å². The largest absolute Gasteiger partial charge is 0.357 e. The van der Waals surface area contributed by atoms with Crippen molar-refractivity contribution in [2.24, 2.45) is 4.99 Å². The molecule has 0 saturated heterocycles. The predicted molar refractivity (Wildman–Crippen MR) is 104 cm³/mol. The first-order valence-electron chi connectivity index (χ1n) is 8.01. The van der Waals surface area contributed by atoms with Crippen molar-refractivity contribution in [2.75, 3.05) is 19.6 Å². The summed E-state index contributed by atoms with van der Waals surface area (Å²) < 4.78 is 4.94. The van der Waals surface area contributed by atoms with Crippen molar-refractivity contribution in [2.45, 2.75) is 60.2 Å². The number of halogens is 1. The Morgan fingerprint density at radius 1 is 1.22 bits per heavy atom. The lowest BCUT2D eigenvalue weighted by molar-refractivity contribution is 0.178. The third kappa shape index (κ3) is 8.50. The monoisotopic (exact) mass is 438 g/mol. The first-order chi connectivity index (χ1) is 10.4. The summed E-state index contributed by atoms with van der Waals surface area (Å²) in [5, 5.41) is 10.4. The summed E-state index contributed by atoms with van der Waals surface area (Å²) in [6, 6.07) is 1.06. The van der Waals surface area contributed by atoms with Crippen LogP contribution in [0.5, 0.6) is 0 Å². The number of hydrogen-bond acceptors (Lipinski definition) is 5. The van der Waals surface area contributed by atoms with Gasteiger partial charge in [0.2, 0.25) is 5.89 Å². The Morgan fingerprint density at radius 3 is 2.35 bits per heavy atom. The Hall–Kier alpha value is -0.900. The number of aliphatic imine (C=N–C) groups is 1. The van der Waals surface area contributed by atoms with Crippen LogP contribution in [0, 0.1) is 6.92 Å². The minimum atomic E-state index is 0. The van der Waals surface area contributed by atoms with E-state index in [1.54, 1.807) is 6.92 Å². The molecule has 1 aromatic heterocycles. The maximum Gasteiger partial charge on any atom is 0.223 e. The van der Waals surface area contributed by atoms with Gasteiger partial charge in [0.25, 0.3) is 0 Å². The molecule has 7 nitrogen and oxygen atoms in total. The highest BCUT2D eigenvalue weighted by Gasteiger charge is 2.12. The molecule has 0 atom stereocenters. The second-order valence-corrected chi connectivity index (χ2v) is 5.78. The zero-order chi connectivity index (χ0) is 16.5. The van der Waals surface area contributed by atoms with E-state index in [-0.39, 0.29) is 24.0 Å². The number of nitrogens with one attached hydrogen (secondary N) is 2. The van der Waals surface area contributed by atoms with E-state index in [0.29, 0.717) is 30.3 Å². The highest BCUT2D eigenvalue weighted by atomic mass is 127. The molecule has 23 heavy (non-hydrogen) atoms. The van der Waals surface area contributed by atoms with Gasteiger partial charge < -0.3 is 15.2 Å². The van der Waals surface area contributed by atoms with Crippen LogP contribution in [-0.4, -0.2) is 52.7 Å². The fourth-order valence-electron chi connectivity index (χ4n) is 2.31. The molecule has 0 aliphatic heterocycles. The molecule has 0 bridgehead atoms. The lowest BCUT2D eigenvalue weighted by Crippen LogP contribution is -2.45. The molecule has 0 aromatic carbocycles. The molecule has 0 spiro atoms. The van der Waals surface area contributed by atoms with Crippen molar-refractivity contribution in [1.29, 1.82) is 0 Å². The van der Waals surface area contributed by atoms with Gasteiger partial charge in [0.15, 0.2) is 11.8 Å². The van der Waals surface area contributed by atoms with E-state index in [2.05, 4.69) is 58.4 Å². The van der Waals surface area contributed by atoms with Crippen LogP contribution >= 0.6 is 24.0 Å². The minimum absolute atomic E-state index is 0. The van der Waals surface area contributed by atoms with Crippen molar-refractivity contribution in [3.8, 4) is 0 Å². The topological polar surface area (TPSA) is 78.6 Å². The summed E-state index contributed by atoms with van der Waals surface area (Å²) >= 11 is 0. The van der Waals surface area contributed by atoms with Crippen LogP contribution in [0.15, 0.2) is 9.52 Å². The standard InChI is InChI=1S/C15H30N6O.HI/c1-7-16-15(18-10-14-19-13(6)22-20-14)17-8-9-21(11(2)3)12(4)5;/h11-12H,7-10H2,1-6H3,(H2,16,17,18);1H. The van der Waals surface area contributed by atoms with Crippen molar-refractivity contribution in [1.82, 2.24) is 25.7 Å². The maximum absolute atomic E-state index is 4.94. The predicted octanol–water partition coefficient (Wildman–Crippen LogP) is 2.17. The average Bonchev–Trinajstić information content (AvgIpc) is 2.85. The first-order valence-corrected chi connectivity index (χ1v) is 8.01. The van der Waals surface area contributed by atoms with Gasteiger partial charge in [-0.15, -0.1) is 24.0 Å². The molecule has 1 rings (SSSR count). The summed E-state index contributed by atoms with van der Waals surface area (Å²) in [6.07, 6.45) is 0. The minimum Gasteiger partial charge on any atom is -0.357 e. The van der Waals surface area contributed by atoms with Crippen LogP contribution in [-0.2, 0) is 6.54 Å². The van der Waals surface area contributed by atoms with E-state index in [1.807, 2.05) is 6.92 Å². The summed E-state index contributed by atoms with van der Waals surface area (Å²) in [5.41, 5.74) is 0. The quantitative estimate of drug-likeness (QED) is 0.368. The molecule has 0 fully saturated rings. The Bertz CT molecular complexity index is 453. The van der Waals surface area contributed by atoms with E-state index in [0.717, 1.165) is 25.6 Å². The molecule has 8 heteroatoms. The number of hydrogen-bond donors (Lipinski definition) is 2. The molecule has 1 heterocycles. The molecule has 0 aliphatic carbocycles. The van der Waals surface area contributed by atoms with Gasteiger partial charge in [-0.1, -0.05) is 5.16 Å². The lowest BCUT2D eigenvalue weighted by atomic mass is 10.2. The van der Waals surface area contributed by atoms with Gasteiger partial charge in [-0.25, -0.2) is 4.99 Å². The zero-order valence-electron chi connectivity index (χ0n) is 15.1. The Morgan fingerprint density at radius 2 is 1.87 bits per heavy atom. The molecule has 0 aliphatic rings. The third-order valence-electron chi connectivity index (χ3n) is 3.28. The van der Waals surface area contributed by atoms with E-state index in [1.165, 1.54) is 0 Å². The Kier molecular flexibility index (Phi) is 11.2. The van der Waals surface area contributed by atoms with Gasteiger partial charge in [-0.05, 0) is 34.6 Å². The number of aromatic nitrogens is 2. The van der Waals surface area contributed by atoms with E-state index < -0.39 is 0 Å². The summed E-state index contributed by atoms with van der Waals surface area (Å²) in [7, 11) is 0. The molecule has 0 unspecified atom stereocenters. The van der Waals surface area contributed by atoms with Gasteiger partial charge in [0.1, 0.15) is 6.54 Å². The van der Waals surface area contributed by atoms with Crippen molar-refractivity contribution < 1.29 is 4.52 Å². The van der Waals surface area contributed by atoms with Crippen LogP contribution in [0.25, 0.3) is 0 Å². The van der Waals surface area contributed by atoms with Gasteiger partial charge in [-0.3, -0.25) is 4.90 Å². The smallest absolute Gasteiger partial charge is 0.223 e. The molecule has 134 valence electrons. The van der Waals surface area contributed by atoms with Gasteiger partial charge in [0.05, 0.1) is 0 Å². The van der Waals surface area contributed by atoms with Crippen molar-refractivity contribution in [3.05, 3.63) is 11.7 Å². The first kappa shape index (κ1) is 22.1. The summed E-state index contributed by atoms with van der Waals surface area (Å²) in [6.45, 7) is 15.7. The average molecular weight is 438 g/mol. The number of rotatable bonds is 8. The van der Waals surface area contributed by atoms with E-state index in [4.69, 9.17) is 4.52 Å². The van der Waals surface area contributed by atoms with Crippen LogP contribution in [0.2, 0.25) is 0 Å². The highest BCUT2D eigenvalue weighted by Crippen LogP contribution is 2.03. The Labute approximate surface area is 156 Å². The van der Waals surface area contributed by atoms with Crippen molar-refractivity contribution in [3.63, 3.8) is 0 Å². The number of nitrogens with zero attached hydrogens (tertiary/aromatic N) is 4. The zero-order valence-corrected chi connectivity index (χ0v) is 17.4. The molecular formula is C15H31IN6O. The molecule has 0 radical (unpaired) electrons. The van der Waals surface area contributed by atoms with Crippen LogP contribution < -0.4 is 10.6 Å². The second-order valence-electron chi connectivity index (χ2n) is 5.78. The van der Waals surface area contributed by atoms with E-state index in [9.17, 15) is 0 Å². The highest BCUT2D eigenvalue weighted by molar-refractivity contribution is 14.0. The lowest BCUT2D eigenvalue weighted by Gasteiger charge is -2.30. The third-order valence-corrected chi connectivity index (χ3v) is 3.28. The molecule has 0 amide bonds. The Balaban J connectivity index is 0.00000484. The molecule has 2 N–H and O–H groups in total. The van der Waals surface area contributed by atoms with Crippen LogP contribution in [0.3, 0.4) is 0 Å². The van der Waals surface area contributed by atoms with Crippen molar-refractivity contribution >= 4 is 29.9 Å². The molecule has 1 aromatic rings. The summed E-state index contributed by atoms with van der Waals surface area (Å²) in [5.74, 6) is 1.94. The SMILES string of the molecule is CCNC(=NCc1noc(C)n1)NCCN(C(C)C)C(C)C.I. The maximum atomic E-state index is 4.94. The van der Waals surface area contributed by atoms with Crippen LogP contribution in [0.1, 0.15) is 46.3 Å². The second kappa shape index (κ2) is 11.6. The molecular weight excluding hydrogens is 407 g/mol. The van der Waals surface area contributed by atoms with Gasteiger partial charge in [-0.2, -0.15) is 4.98 Å². The number of aryl methyl sites for hydroxylation is 1. The fourth-order valence-corrected chi connectivity index (χ4v) is 2.31. The normalized spacial score (nSPS) is 12.0. The summed E-state index contributed by atoms with van der Waals surface area (Å²) in [4.78, 5) is 11.1. The van der Waals surface area contributed by atoms with Gasteiger partial charge in [0, 0.05) is 38.6 Å². The van der Waals surface area contributed by atoms with Gasteiger partial charge >= 0.3 is 0 Å². The molecule has 0 saturated carbocycles. The number of guanidine groups is 1. The fraction of sp³-hybridized carbons (Fsp3) is 0.800.